The average Bonchev–Trinajstić information content (AvgIpc) is 2.80. The highest BCUT2D eigenvalue weighted by molar-refractivity contribution is 5.95. The van der Waals surface area contributed by atoms with E-state index < -0.39 is 5.41 Å². The highest BCUT2D eigenvalue weighted by Gasteiger charge is 2.37. The van der Waals surface area contributed by atoms with Crippen LogP contribution in [-0.4, -0.2) is 5.91 Å². The third-order valence-corrected chi connectivity index (χ3v) is 4.70. The van der Waals surface area contributed by atoms with Crippen molar-refractivity contribution in [3.05, 3.63) is 53.2 Å². The van der Waals surface area contributed by atoms with Gasteiger partial charge >= 0.3 is 0 Å². The van der Waals surface area contributed by atoms with Crippen LogP contribution in [0.2, 0.25) is 0 Å². The number of fused-ring (bicyclic) bond motifs is 1. The van der Waals surface area contributed by atoms with Gasteiger partial charge in [0.15, 0.2) is 0 Å². The van der Waals surface area contributed by atoms with Gasteiger partial charge < -0.3 is 5.43 Å². The maximum absolute atomic E-state index is 11.9. The van der Waals surface area contributed by atoms with E-state index in [9.17, 15) is 4.79 Å². The van der Waals surface area contributed by atoms with Crippen molar-refractivity contribution < 1.29 is 4.79 Å². The lowest BCUT2D eigenvalue weighted by Crippen LogP contribution is -2.28. The Labute approximate surface area is 137 Å². The molecule has 120 valence electrons. The number of unbranched alkanes of at least 4 members (excludes halogenated alkanes) is 1. The number of aryl methyl sites for hydroxylation is 1. The zero-order valence-electron chi connectivity index (χ0n) is 14.1. The molecule has 0 unspecified atom stereocenters. The van der Waals surface area contributed by atoms with Gasteiger partial charge in [0.2, 0.25) is 5.91 Å². The minimum Gasteiger partial charge on any atom is -0.302 e. The fourth-order valence-electron chi connectivity index (χ4n) is 3.04. The summed E-state index contributed by atoms with van der Waals surface area (Å²) in [5.74, 6) is 0.00706. The third-order valence-electron chi connectivity index (χ3n) is 4.70. The van der Waals surface area contributed by atoms with Crippen LogP contribution in [-0.2, 0) is 11.2 Å². The highest BCUT2D eigenvalue weighted by atomic mass is 16.2. The molecule has 1 fully saturated rings. The third kappa shape index (κ3) is 2.83. The van der Waals surface area contributed by atoms with Crippen molar-refractivity contribution in [2.75, 3.05) is 0 Å². The molecular weight excluding hydrogens is 284 g/mol. The van der Waals surface area contributed by atoms with Gasteiger partial charge in [-0.05, 0) is 54.7 Å². The number of rotatable bonds is 4. The van der Waals surface area contributed by atoms with E-state index in [-0.39, 0.29) is 5.91 Å². The molecule has 1 aliphatic heterocycles. The summed E-state index contributed by atoms with van der Waals surface area (Å²) in [6.45, 7) is 6.09. The van der Waals surface area contributed by atoms with Crippen LogP contribution in [0.5, 0.6) is 0 Å². The Morgan fingerprint density at radius 3 is 2.48 bits per heavy atom. The molecule has 2 aromatic carbocycles. The summed E-state index contributed by atoms with van der Waals surface area (Å²) in [5.41, 5.74) is 8.66. The molecule has 0 atom stereocenters. The van der Waals surface area contributed by atoms with Gasteiger partial charge in [-0.25, -0.2) is 0 Å². The molecular formula is C20H24N2O. The number of carbonyl (C=O) groups excluding carboxylic acids is 1. The normalized spacial score (nSPS) is 18.2. The van der Waals surface area contributed by atoms with Crippen molar-refractivity contribution in [3.63, 3.8) is 0 Å². The minimum absolute atomic E-state index is 0.00706. The predicted molar refractivity (Wildman–Crippen MR) is 95.6 cm³/mol. The van der Waals surface area contributed by atoms with Crippen molar-refractivity contribution >= 4 is 22.8 Å². The second-order valence-electron chi connectivity index (χ2n) is 6.73. The van der Waals surface area contributed by atoms with Crippen LogP contribution in [0.1, 0.15) is 44.7 Å². The smallest absolute Gasteiger partial charge is 0.249 e. The van der Waals surface area contributed by atoms with E-state index in [1.54, 1.807) is 0 Å². The Morgan fingerprint density at radius 2 is 1.78 bits per heavy atom. The van der Waals surface area contributed by atoms with Crippen molar-refractivity contribution in [2.45, 2.75) is 40.0 Å². The van der Waals surface area contributed by atoms with Crippen LogP contribution in [0.3, 0.4) is 0 Å². The first-order valence-corrected chi connectivity index (χ1v) is 8.33. The van der Waals surface area contributed by atoms with Gasteiger partial charge in [-0.15, -0.1) is 0 Å². The summed E-state index contributed by atoms with van der Waals surface area (Å²) in [7, 11) is 0. The fraction of sp³-hybridized carbons (Fsp3) is 0.350. The van der Waals surface area contributed by atoms with Gasteiger partial charge in [-0.1, -0.05) is 49.7 Å². The number of benzene rings is 2. The molecule has 1 amide bonds. The quantitative estimate of drug-likeness (QED) is 0.889. The Hall–Kier alpha value is -2.29. The van der Waals surface area contributed by atoms with Crippen molar-refractivity contribution in [1.82, 2.24) is 10.9 Å². The SMILES string of the molecule is CCCCc1cccc2c(/C=C3\NNC(=O)C3(C)C)cccc12. The lowest BCUT2D eigenvalue weighted by atomic mass is 9.88. The van der Waals surface area contributed by atoms with E-state index in [0.717, 1.165) is 17.7 Å². The number of hydrogen-bond acceptors (Lipinski definition) is 2. The van der Waals surface area contributed by atoms with Crippen LogP contribution in [0, 0.1) is 5.41 Å². The maximum Gasteiger partial charge on any atom is 0.249 e. The minimum atomic E-state index is -0.526. The van der Waals surface area contributed by atoms with Crippen LogP contribution in [0.4, 0.5) is 0 Å². The Kier molecular flexibility index (Phi) is 4.12. The monoisotopic (exact) mass is 308 g/mol. The van der Waals surface area contributed by atoms with E-state index in [2.05, 4.69) is 60.2 Å². The molecule has 1 saturated heterocycles. The van der Waals surface area contributed by atoms with Gasteiger partial charge in [0, 0.05) is 5.70 Å². The van der Waals surface area contributed by atoms with Gasteiger partial charge in [0.05, 0.1) is 5.41 Å². The molecule has 0 aromatic heterocycles. The topological polar surface area (TPSA) is 41.1 Å². The second-order valence-corrected chi connectivity index (χ2v) is 6.73. The van der Waals surface area contributed by atoms with Gasteiger partial charge in [-0.2, -0.15) is 0 Å². The average molecular weight is 308 g/mol. The zero-order chi connectivity index (χ0) is 16.4. The molecule has 1 heterocycles. The summed E-state index contributed by atoms with van der Waals surface area (Å²) < 4.78 is 0. The molecule has 2 aromatic rings. The van der Waals surface area contributed by atoms with Gasteiger partial charge in [-0.3, -0.25) is 10.2 Å². The van der Waals surface area contributed by atoms with E-state index in [4.69, 9.17) is 0 Å². The maximum atomic E-state index is 11.9. The van der Waals surface area contributed by atoms with Crippen LogP contribution in [0.25, 0.3) is 16.8 Å². The summed E-state index contributed by atoms with van der Waals surface area (Å²) in [4.78, 5) is 11.9. The molecule has 2 N–H and O–H groups in total. The standard InChI is InChI=1S/C20H24N2O/c1-4-5-8-14-9-6-12-17-15(10-7-11-16(14)17)13-18-20(2,3)19(23)22-21-18/h6-7,9-13,21H,4-5,8H2,1-3H3,(H,22,23)/b18-13-. The molecule has 0 aliphatic carbocycles. The Morgan fingerprint density at radius 1 is 1.04 bits per heavy atom. The fourth-order valence-corrected chi connectivity index (χ4v) is 3.04. The van der Waals surface area contributed by atoms with E-state index in [1.165, 1.54) is 29.2 Å². The van der Waals surface area contributed by atoms with Gasteiger partial charge in [0.25, 0.3) is 0 Å². The number of carbonyl (C=O) groups is 1. The van der Waals surface area contributed by atoms with Crippen LogP contribution < -0.4 is 10.9 Å². The lowest BCUT2D eigenvalue weighted by Gasteiger charge is -2.15. The molecule has 0 bridgehead atoms. The molecule has 3 heteroatoms. The van der Waals surface area contributed by atoms with Gasteiger partial charge in [0.1, 0.15) is 0 Å². The van der Waals surface area contributed by atoms with Crippen molar-refractivity contribution in [1.29, 1.82) is 0 Å². The van der Waals surface area contributed by atoms with E-state index in [1.807, 2.05) is 13.8 Å². The number of nitrogens with one attached hydrogen (secondary N) is 2. The summed E-state index contributed by atoms with van der Waals surface area (Å²) in [5, 5.41) is 2.55. The molecule has 0 saturated carbocycles. The summed E-state index contributed by atoms with van der Waals surface area (Å²) in [6, 6.07) is 12.9. The predicted octanol–water partition coefficient (Wildman–Crippen LogP) is 4.18. The van der Waals surface area contributed by atoms with E-state index in [0.29, 0.717) is 0 Å². The Balaban J connectivity index is 2.07. The van der Waals surface area contributed by atoms with Crippen LogP contribution in [0.15, 0.2) is 42.1 Å². The number of amides is 1. The first kappa shape index (κ1) is 15.6. The molecule has 0 spiro atoms. The molecule has 3 nitrogen and oxygen atoms in total. The summed E-state index contributed by atoms with van der Waals surface area (Å²) in [6.07, 6.45) is 5.60. The van der Waals surface area contributed by atoms with Crippen molar-refractivity contribution in [3.8, 4) is 0 Å². The van der Waals surface area contributed by atoms with Crippen LogP contribution >= 0.6 is 0 Å². The second kappa shape index (κ2) is 6.07. The largest absolute Gasteiger partial charge is 0.302 e. The summed E-state index contributed by atoms with van der Waals surface area (Å²) >= 11 is 0. The first-order chi connectivity index (χ1) is 11.0. The number of hydrazine groups is 1. The first-order valence-electron chi connectivity index (χ1n) is 8.33. The molecule has 3 rings (SSSR count). The van der Waals surface area contributed by atoms with Crippen molar-refractivity contribution in [2.24, 2.45) is 5.41 Å². The van der Waals surface area contributed by atoms with E-state index >= 15 is 0 Å². The highest BCUT2D eigenvalue weighted by Crippen LogP contribution is 2.32. The number of hydrogen-bond donors (Lipinski definition) is 2. The lowest BCUT2D eigenvalue weighted by molar-refractivity contribution is -0.125. The molecule has 0 radical (unpaired) electrons. The molecule has 23 heavy (non-hydrogen) atoms. The zero-order valence-corrected chi connectivity index (χ0v) is 14.1. The Bertz CT molecular complexity index is 774. The molecule has 1 aliphatic rings.